The molecule has 0 bridgehead atoms. The van der Waals surface area contributed by atoms with E-state index in [1.165, 1.54) is 24.8 Å². The van der Waals surface area contributed by atoms with Crippen LogP contribution in [0.4, 0.5) is 0 Å². The predicted molar refractivity (Wildman–Crippen MR) is 86.9 cm³/mol. The smallest absolute Gasteiger partial charge is 0.119 e. The SMILES string of the molecule is CC(C)c1ccc(OC[C@H](O)CN2CCCC[C@H]2C)cc1. The minimum absolute atomic E-state index is 0.365. The van der Waals surface area contributed by atoms with Gasteiger partial charge in [-0.05, 0) is 49.9 Å². The first kappa shape index (κ1) is 16.3. The third-order valence-corrected chi connectivity index (χ3v) is 4.37. The van der Waals surface area contributed by atoms with Crippen molar-refractivity contribution >= 4 is 0 Å². The lowest BCUT2D eigenvalue weighted by molar-refractivity contribution is 0.0438. The fourth-order valence-corrected chi connectivity index (χ4v) is 2.89. The van der Waals surface area contributed by atoms with E-state index in [0.717, 1.165) is 12.3 Å². The van der Waals surface area contributed by atoms with E-state index in [1.807, 2.05) is 12.1 Å². The Morgan fingerprint density at radius 2 is 1.95 bits per heavy atom. The summed E-state index contributed by atoms with van der Waals surface area (Å²) in [5.41, 5.74) is 1.31. The average molecular weight is 291 g/mol. The monoisotopic (exact) mass is 291 g/mol. The van der Waals surface area contributed by atoms with Crippen molar-refractivity contribution in [2.45, 2.75) is 58.1 Å². The topological polar surface area (TPSA) is 32.7 Å². The number of aliphatic hydroxyl groups is 1. The summed E-state index contributed by atoms with van der Waals surface area (Å²) in [4.78, 5) is 2.37. The number of ether oxygens (including phenoxy) is 1. The Kier molecular flexibility index (Phi) is 6.07. The number of rotatable bonds is 6. The van der Waals surface area contributed by atoms with Crippen molar-refractivity contribution in [3.63, 3.8) is 0 Å². The molecule has 0 saturated carbocycles. The molecular weight excluding hydrogens is 262 g/mol. The van der Waals surface area contributed by atoms with Crippen LogP contribution in [0.1, 0.15) is 51.5 Å². The summed E-state index contributed by atoms with van der Waals surface area (Å²) in [5.74, 6) is 1.37. The normalized spacial score (nSPS) is 21.5. The lowest BCUT2D eigenvalue weighted by Crippen LogP contribution is -2.43. The number of hydrogen-bond acceptors (Lipinski definition) is 3. The molecule has 1 aliphatic rings. The second-order valence-corrected chi connectivity index (χ2v) is 6.53. The van der Waals surface area contributed by atoms with E-state index in [4.69, 9.17) is 4.74 Å². The third kappa shape index (κ3) is 5.01. The molecule has 1 heterocycles. The molecule has 0 radical (unpaired) electrons. The molecule has 3 nitrogen and oxygen atoms in total. The molecule has 0 unspecified atom stereocenters. The molecule has 1 fully saturated rings. The molecule has 21 heavy (non-hydrogen) atoms. The maximum atomic E-state index is 10.2. The molecular formula is C18H29NO2. The fraction of sp³-hybridized carbons (Fsp3) is 0.667. The molecule has 0 spiro atoms. The summed E-state index contributed by atoms with van der Waals surface area (Å²) in [7, 11) is 0. The van der Waals surface area contributed by atoms with E-state index in [0.29, 0.717) is 25.1 Å². The van der Waals surface area contributed by atoms with Gasteiger partial charge in [0.2, 0.25) is 0 Å². The molecule has 1 saturated heterocycles. The van der Waals surface area contributed by atoms with Crippen molar-refractivity contribution in [2.24, 2.45) is 0 Å². The number of likely N-dealkylation sites (tertiary alicyclic amines) is 1. The van der Waals surface area contributed by atoms with Crippen LogP contribution in [0.3, 0.4) is 0 Å². The van der Waals surface area contributed by atoms with Gasteiger partial charge in [0.15, 0.2) is 0 Å². The van der Waals surface area contributed by atoms with Gasteiger partial charge in [0.05, 0.1) is 0 Å². The zero-order chi connectivity index (χ0) is 15.2. The number of piperidine rings is 1. The van der Waals surface area contributed by atoms with Gasteiger partial charge in [0, 0.05) is 12.6 Å². The van der Waals surface area contributed by atoms with Crippen LogP contribution >= 0.6 is 0 Å². The summed E-state index contributed by atoms with van der Waals surface area (Å²) in [6, 6.07) is 8.76. The first-order valence-electron chi connectivity index (χ1n) is 8.21. The molecule has 3 heteroatoms. The van der Waals surface area contributed by atoms with Gasteiger partial charge in [-0.15, -0.1) is 0 Å². The highest BCUT2D eigenvalue weighted by Crippen LogP contribution is 2.19. The standard InChI is InChI=1S/C18H29NO2/c1-14(2)16-7-9-18(10-8-16)21-13-17(20)12-19-11-5-4-6-15(19)3/h7-10,14-15,17,20H,4-6,11-13H2,1-3H3/t15-,17-/m1/s1. The zero-order valence-electron chi connectivity index (χ0n) is 13.6. The Morgan fingerprint density at radius 3 is 2.57 bits per heavy atom. The number of nitrogens with zero attached hydrogens (tertiary/aromatic N) is 1. The van der Waals surface area contributed by atoms with Gasteiger partial charge in [-0.3, -0.25) is 4.90 Å². The third-order valence-electron chi connectivity index (χ3n) is 4.37. The molecule has 0 aromatic heterocycles. The van der Waals surface area contributed by atoms with Gasteiger partial charge in [-0.1, -0.05) is 32.4 Å². The van der Waals surface area contributed by atoms with Crippen LogP contribution in [0.15, 0.2) is 24.3 Å². The van der Waals surface area contributed by atoms with Crippen LogP contribution in [0, 0.1) is 0 Å². The van der Waals surface area contributed by atoms with Crippen LogP contribution in [-0.2, 0) is 0 Å². The molecule has 1 N–H and O–H groups in total. The summed E-state index contributed by atoms with van der Waals surface area (Å²) in [5, 5.41) is 10.2. The van der Waals surface area contributed by atoms with Crippen LogP contribution < -0.4 is 4.74 Å². The first-order chi connectivity index (χ1) is 10.1. The van der Waals surface area contributed by atoms with E-state index in [2.05, 4.69) is 37.8 Å². The van der Waals surface area contributed by atoms with Crippen molar-refractivity contribution in [1.82, 2.24) is 4.90 Å². The molecule has 1 aromatic rings. The lowest BCUT2D eigenvalue weighted by Gasteiger charge is -2.34. The van der Waals surface area contributed by atoms with E-state index in [9.17, 15) is 5.11 Å². The minimum Gasteiger partial charge on any atom is -0.491 e. The molecule has 118 valence electrons. The zero-order valence-corrected chi connectivity index (χ0v) is 13.6. The molecule has 2 atom stereocenters. The Hall–Kier alpha value is -1.06. The van der Waals surface area contributed by atoms with Gasteiger partial charge < -0.3 is 9.84 Å². The Morgan fingerprint density at radius 1 is 1.24 bits per heavy atom. The van der Waals surface area contributed by atoms with E-state index in [1.54, 1.807) is 0 Å². The van der Waals surface area contributed by atoms with E-state index < -0.39 is 6.10 Å². The quantitative estimate of drug-likeness (QED) is 0.871. The Labute approximate surface area is 128 Å². The Bertz CT molecular complexity index is 416. The van der Waals surface area contributed by atoms with Gasteiger partial charge in [0.1, 0.15) is 18.5 Å². The summed E-state index contributed by atoms with van der Waals surface area (Å²) < 4.78 is 5.70. The van der Waals surface area contributed by atoms with Crippen LogP contribution in [-0.4, -0.2) is 41.8 Å². The highest BCUT2D eigenvalue weighted by molar-refractivity contribution is 5.28. The van der Waals surface area contributed by atoms with E-state index in [-0.39, 0.29) is 0 Å². The number of hydrogen-bond donors (Lipinski definition) is 1. The van der Waals surface area contributed by atoms with Crippen LogP contribution in [0.25, 0.3) is 0 Å². The maximum absolute atomic E-state index is 10.2. The van der Waals surface area contributed by atoms with Gasteiger partial charge in [0.25, 0.3) is 0 Å². The number of benzene rings is 1. The Balaban J connectivity index is 1.76. The van der Waals surface area contributed by atoms with Crippen molar-refractivity contribution in [2.75, 3.05) is 19.7 Å². The maximum Gasteiger partial charge on any atom is 0.119 e. The molecule has 1 aromatic carbocycles. The van der Waals surface area contributed by atoms with Crippen molar-refractivity contribution in [3.8, 4) is 5.75 Å². The average Bonchev–Trinajstić information content (AvgIpc) is 2.48. The van der Waals surface area contributed by atoms with Gasteiger partial charge in [-0.2, -0.15) is 0 Å². The van der Waals surface area contributed by atoms with Gasteiger partial charge >= 0.3 is 0 Å². The molecule has 2 rings (SSSR count). The number of β-amino-alcohol motifs (C(OH)–C–C–N with tert-alkyl or cyclic N) is 1. The summed E-state index contributed by atoms with van der Waals surface area (Å²) in [6.45, 7) is 8.78. The predicted octanol–water partition coefficient (Wildman–Crippen LogP) is 3.42. The lowest BCUT2D eigenvalue weighted by atomic mass is 10.0. The highest BCUT2D eigenvalue weighted by Gasteiger charge is 2.20. The van der Waals surface area contributed by atoms with Crippen molar-refractivity contribution in [1.29, 1.82) is 0 Å². The second-order valence-electron chi connectivity index (χ2n) is 6.53. The molecule has 0 aliphatic carbocycles. The minimum atomic E-state index is -0.421. The molecule has 1 aliphatic heterocycles. The highest BCUT2D eigenvalue weighted by atomic mass is 16.5. The van der Waals surface area contributed by atoms with E-state index >= 15 is 0 Å². The number of aliphatic hydroxyl groups excluding tert-OH is 1. The molecule has 0 amide bonds. The largest absolute Gasteiger partial charge is 0.491 e. The second kappa shape index (κ2) is 7.81. The van der Waals surface area contributed by atoms with Crippen molar-refractivity contribution in [3.05, 3.63) is 29.8 Å². The van der Waals surface area contributed by atoms with Crippen molar-refractivity contribution < 1.29 is 9.84 Å². The summed E-state index contributed by atoms with van der Waals surface area (Å²) >= 11 is 0. The van der Waals surface area contributed by atoms with Crippen LogP contribution in [0.2, 0.25) is 0 Å². The first-order valence-corrected chi connectivity index (χ1v) is 8.21. The van der Waals surface area contributed by atoms with Crippen LogP contribution in [0.5, 0.6) is 5.75 Å². The van der Waals surface area contributed by atoms with Gasteiger partial charge in [-0.25, -0.2) is 0 Å². The summed E-state index contributed by atoms with van der Waals surface area (Å²) in [6.07, 6.45) is 3.38. The fourth-order valence-electron chi connectivity index (χ4n) is 2.89.